The molecule has 2 heterocycles. The molecule has 0 aliphatic carbocycles. The van der Waals surface area contributed by atoms with Crippen LogP contribution in [0, 0.1) is 0 Å². The van der Waals surface area contributed by atoms with E-state index in [1.54, 1.807) is 0 Å². The molecule has 24 heavy (non-hydrogen) atoms. The Bertz CT molecular complexity index is 770. The Morgan fingerprint density at radius 1 is 1.08 bits per heavy atom. The van der Waals surface area contributed by atoms with Crippen LogP contribution in [-0.4, -0.2) is 18.1 Å². The lowest BCUT2D eigenvalue weighted by molar-refractivity contribution is 0.317. The summed E-state index contributed by atoms with van der Waals surface area (Å²) in [5, 5.41) is 4.84. The summed E-state index contributed by atoms with van der Waals surface area (Å²) >= 11 is 4.51. The van der Waals surface area contributed by atoms with Gasteiger partial charge >= 0.3 is 0 Å². The van der Waals surface area contributed by atoms with Crippen LogP contribution in [0.3, 0.4) is 0 Å². The molecule has 1 aromatic heterocycles. The highest BCUT2D eigenvalue weighted by molar-refractivity contribution is 7.80. The van der Waals surface area contributed by atoms with Crippen molar-refractivity contribution in [3.8, 4) is 5.75 Å². The van der Waals surface area contributed by atoms with Gasteiger partial charge in [-0.1, -0.05) is 43.3 Å². The molecule has 126 valence electrons. The fourth-order valence-corrected chi connectivity index (χ4v) is 3.25. The second-order valence-corrected chi connectivity index (χ2v) is 6.35. The largest absolute Gasteiger partial charge is 0.494 e. The average molecular weight is 340 g/mol. The molecular formula is C20H24N2OS. The highest BCUT2D eigenvalue weighted by Gasteiger charge is 2.20. The van der Waals surface area contributed by atoms with E-state index in [0.29, 0.717) is 0 Å². The molecule has 0 spiro atoms. The summed E-state index contributed by atoms with van der Waals surface area (Å²) in [4.78, 5) is 3.43. The Morgan fingerprint density at radius 3 is 2.62 bits per heavy atom. The Labute approximate surface area is 148 Å². The summed E-state index contributed by atoms with van der Waals surface area (Å²) in [6.45, 7) is 3.93. The van der Waals surface area contributed by atoms with E-state index >= 15 is 0 Å². The molecule has 1 unspecified atom stereocenters. The fraction of sp³-hybridized carbons (Fsp3) is 0.300. The molecule has 0 saturated heterocycles. The Hall–Kier alpha value is -1.91. The van der Waals surface area contributed by atoms with Gasteiger partial charge in [-0.3, -0.25) is 0 Å². The number of aromatic amines is 1. The van der Waals surface area contributed by atoms with Crippen LogP contribution >= 0.6 is 12.6 Å². The molecule has 2 N–H and O–H groups in total. The summed E-state index contributed by atoms with van der Waals surface area (Å²) in [5.41, 5.74) is 3.89. The first kappa shape index (κ1) is 16.9. The van der Waals surface area contributed by atoms with Crippen molar-refractivity contribution in [3.63, 3.8) is 0 Å². The second-order valence-electron chi connectivity index (χ2n) is 5.83. The molecule has 0 amide bonds. The average Bonchev–Trinajstić information content (AvgIpc) is 3.02. The quantitative estimate of drug-likeness (QED) is 0.604. The fourth-order valence-electron chi connectivity index (χ4n) is 2.90. The summed E-state index contributed by atoms with van der Waals surface area (Å²) in [7, 11) is 0. The predicted molar refractivity (Wildman–Crippen MR) is 104 cm³/mol. The van der Waals surface area contributed by atoms with E-state index in [-0.39, 0.29) is 5.37 Å². The van der Waals surface area contributed by atoms with Crippen molar-refractivity contribution in [2.24, 2.45) is 0 Å². The van der Waals surface area contributed by atoms with Crippen LogP contribution in [0.5, 0.6) is 5.75 Å². The first-order valence-corrected chi connectivity index (χ1v) is 9.00. The number of hydrogen-bond donors (Lipinski definition) is 3. The maximum Gasteiger partial charge on any atom is 0.119 e. The molecule has 4 heteroatoms. The van der Waals surface area contributed by atoms with Gasteiger partial charge in [0, 0.05) is 23.1 Å². The third-order valence-corrected chi connectivity index (χ3v) is 4.49. The first-order chi connectivity index (χ1) is 11.8. The number of ether oxygens (including phenoxy) is 1. The summed E-state index contributed by atoms with van der Waals surface area (Å²) in [5.74, 6) is 0.962. The minimum atomic E-state index is 0.158. The van der Waals surface area contributed by atoms with Gasteiger partial charge in [-0.15, -0.1) is 0 Å². The molecule has 0 bridgehead atoms. The third kappa shape index (κ3) is 3.94. The monoisotopic (exact) mass is 340 g/mol. The minimum absolute atomic E-state index is 0.158. The van der Waals surface area contributed by atoms with Gasteiger partial charge in [0.25, 0.3) is 0 Å². The molecule has 2 aromatic carbocycles. The molecule has 1 aliphatic heterocycles. The van der Waals surface area contributed by atoms with Crippen LogP contribution < -0.4 is 10.1 Å². The highest BCUT2D eigenvalue weighted by Crippen LogP contribution is 2.31. The number of nitrogens with one attached hydrogen (secondary N) is 2. The molecule has 0 radical (unpaired) electrons. The molecule has 1 aliphatic rings. The number of thiol groups is 1. The zero-order valence-electron chi connectivity index (χ0n) is 14.0. The van der Waals surface area contributed by atoms with E-state index < -0.39 is 0 Å². The lowest BCUT2D eigenvalue weighted by Gasteiger charge is -2.19. The van der Waals surface area contributed by atoms with Crippen LogP contribution in [0.4, 0.5) is 0 Å². The van der Waals surface area contributed by atoms with E-state index in [1.165, 1.54) is 22.2 Å². The van der Waals surface area contributed by atoms with Crippen LogP contribution in [0.1, 0.15) is 30.0 Å². The molecule has 3 aromatic rings. The van der Waals surface area contributed by atoms with Gasteiger partial charge in [0.15, 0.2) is 0 Å². The van der Waals surface area contributed by atoms with Gasteiger partial charge in [0.1, 0.15) is 5.75 Å². The summed E-state index contributed by atoms with van der Waals surface area (Å²) in [6.07, 6.45) is 2.16. The Morgan fingerprint density at radius 2 is 1.83 bits per heavy atom. The van der Waals surface area contributed by atoms with Gasteiger partial charge in [-0.05, 0) is 36.6 Å². The number of aromatic nitrogens is 1. The Balaban J connectivity index is 0.000000150. The van der Waals surface area contributed by atoms with Gasteiger partial charge in [0.05, 0.1) is 12.0 Å². The SMILES string of the molecule is CCCOc1ccccc1.SC1NCCc2c1[nH]c1ccccc21. The van der Waals surface area contributed by atoms with E-state index in [9.17, 15) is 0 Å². The lowest BCUT2D eigenvalue weighted by atomic mass is 10.0. The normalized spacial score (nSPS) is 16.2. The van der Waals surface area contributed by atoms with Gasteiger partial charge in [-0.2, -0.15) is 12.6 Å². The first-order valence-electron chi connectivity index (χ1n) is 8.48. The molecular weight excluding hydrogens is 316 g/mol. The third-order valence-electron chi connectivity index (χ3n) is 4.05. The molecule has 4 rings (SSSR count). The van der Waals surface area contributed by atoms with Crippen molar-refractivity contribution >= 4 is 23.5 Å². The number of H-pyrrole nitrogens is 1. The van der Waals surface area contributed by atoms with Crippen molar-refractivity contribution in [2.75, 3.05) is 13.2 Å². The van der Waals surface area contributed by atoms with E-state index in [2.05, 4.69) is 54.1 Å². The number of rotatable bonds is 3. The second kappa shape index (κ2) is 8.27. The van der Waals surface area contributed by atoms with E-state index in [4.69, 9.17) is 4.74 Å². The Kier molecular flexibility index (Phi) is 5.83. The van der Waals surface area contributed by atoms with Crippen LogP contribution in [0.15, 0.2) is 54.6 Å². The lowest BCUT2D eigenvalue weighted by Crippen LogP contribution is -2.26. The predicted octanol–water partition coefficient (Wildman–Crippen LogP) is 4.72. The van der Waals surface area contributed by atoms with Crippen molar-refractivity contribution in [3.05, 3.63) is 65.9 Å². The van der Waals surface area contributed by atoms with Crippen molar-refractivity contribution < 1.29 is 4.74 Å². The molecule has 0 fully saturated rings. The van der Waals surface area contributed by atoms with Crippen molar-refractivity contribution in [1.82, 2.24) is 10.3 Å². The van der Waals surface area contributed by atoms with Crippen LogP contribution in [0.2, 0.25) is 0 Å². The van der Waals surface area contributed by atoms with Gasteiger partial charge in [0.2, 0.25) is 0 Å². The zero-order chi connectivity index (χ0) is 16.8. The molecule has 0 saturated carbocycles. The molecule has 1 atom stereocenters. The van der Waals surface area contributed by atoms with Gasteiger partial charge in [-0.25, -0.2) is 0 Å². The zero-order valence-corrected chi connectivity index (χ0v) is 14.9. The number of para-hydroxylation sites is 2. The summed E-state index contributed by atoms with van der Waals surface area (Å²) < 4.78 is 5.36. The highest BCUT2D eigenvalue weighted by atomic mass is 32.1. The standard InChI is InChI=1S/C11H12N2S.C9H12O/c14-11-10-8(5-6-12-11)7-3-1-2-4-9(7)13-10;1-2-8-10-9-6-4-3-5-7-9/h1-4,11-14H,5-6H2;3-7H,2,8H2,1H3. The van der Waals surface area contributed by atoms with Crippen molar-refractivity contribution in [2.45, 2.75) is 25.1 Å². The van der Waals surface area contributed by atoms with Gasteiger partial charge < -0.3 is 15.0 Å². The minimum Gasteiger partial charge on any atom is -0.494 e. The topological polar surface area (TPSA) is 37.0 Å². The van der Waals surface area contributed by atoms with Crippen molar-refractivity contribution in [1.29, 1.82) is 0 Å². The number of benzene rings is 2. The summed E-state index contributed by atoms with van der Waals surface area (Å²) in [6, 6.07) is 18.3. The van der Waals surface area contributed by atoms with Crippen LogP contribution in [0.25, 0.3) is 10.9 Å². The maximum atomic E-state index is 5.36. The van der Waals surface area contributed by atoms with E-state index in [0.717, 1.165) is 31.7 Å². The maximum absolute atomic E-state index is 5.36. The van der Waals surface area contributed by atoms with E-state index in [1.807, 2.05) is 30.3 Å². The number of hydrogen-bond acceptors (Lipinski definition) is 3. The smallest absolute Gasteiger partial charge is 0.119 e. The number of fused-ring (bicyclic) bond motifs is 3. The van der Waals surface area contributed by atoms with Crippen LogP contribution in [-0.2, 0) is 6.42 Å². The molecule has 3 nitrogen and oxygen atoms in total.